The fraction of sp³-hybridized carbons (Fsp3) is 0.308. The molecule has 0 atom stereocenters. The zero-order chi connectivity index (χ0) is 11.5. The number of rotatable bonds is 4. The van der Waals surface area contributed by atoms with Crippen molar-refractivity contribution in [3.63, 3.8) is 0 Å². The number of aryl methyl sites for hydroxylation is 2. The molecule has 3 heteroatoms. The first-order chi connectivity index (χ1) is 7.66. The van der Waals surface area contributed by atoms with Gasteiger partial charge in [0.1, 0.15) is 5.78 Å². The third kappa shape index (κ3) is 2.60. The molecule has 0 aliphatic carbocycles. The third-order valence-electron chi connectivity index (χ3n) is 2.65. The molecule has 0 unspecified atom stereocenters. The highest BCUT2D eigenvalue weighted by molar-refractivity contribution is 7.10. The van der Waals surface area contributed by atoms with Crippen molar-refractivity contribution >= 4 is 28.5 Å². The van der Waals surface area contributed by atoms with Crippen molar-refractivity contribution in [2.75, 3.05) is 0 Å². The van der Waals surface area contributed by atoms with Crippen LogP contribution in [0.15, 0.2) is 22.9 Å². The Labute approximate surface area is 104 Å². The molecule has 0 radical (unpaired) electrons. The van der Waals surface area contributed by atoms with Crippen LogP contribution < -0.4 is 0 Å². The molecule has 0 saturated heterocycles. The van der Waals surface area contributed by atoms with Crippen molar-refractivity contribution in [1.82, 2.24) is 0 Å². The monoisotopic (exact) mass is 250 g/mol. The van der Waals surface area contributed by atoms with Crippen LogP contribution in [-0.2, 0) is 17.6 Å². The van der Waals surface area contributed by atoms with Gasteiger partial charge in [0.15, 0.2) is 0 Å². The van der Waals surface area contributed by atoms with Crippen molar-refractivity contribution in [3.05, 3.63) is 43.8 Å². The largest absolute Gasteiger partial charge is 0.299 e. The number of thiophene rings is 2. The fourth-order valence-corrected chi connectivity index (χ4v) is 3.46. The van der Waals surface area contributed by atoms with Crippen molar-refractivity contribution in [3.8, 4) is 0 Å². The molecule has 0 N–H and O–H groups in total. The molecule has 0 bridgehead atoms. The van der Waals surface area contributed by atoms with Gasteiger partial charge in [-0.3, -0.25) is 4.79 Å². The summed E-state index contributed by atoms with van der Waals surface area (Å²) >= 11 is 3.35. The minimum Gasteiger partial charge on any atom is -0.299 e. The first kappa shape index (κ1) is 11.6. The number of hydrogen-bond donors (Lipinski definition) is 0. The van der Waals surface area contributed by atoms with E-state index >= 15 is 0 Å². The molecule has 2 heterocycles. The second-order valence-corrected chi connectivity index (χ2v) is 5.95. The van der Waals surface area contributed by atoms with Crippen LogP contribution >= 0.6 is 22.7 Å². The Balaban J connectivity index is 2.00. The average Bonchev–Trinajstić information content (AvgIpc) is 2.79. The van der Waals surface area contributed by atoms with Gasteiger partial charge in [0.05, 0.1) is 0 Å². The van der Waals surface area contributed by atoms with Gasteiger partial charge < -0.3 is 0 Å². The number of ketones is 1. The molecule has 0 spiro atoms. The first-order valence-electron chi connectivity index (χ1n) is 5.24. The predicted octanol–water partition coefficient (Wildman–Crippen LogP) is 3.78. The summed E-state index contributed by atoms with van der Waals surface area (Å²) in [7, 11) is 0. The quantitative estimate of drug-likeness (QED) is 0.807. The van der Waals surface area contributed by atoms with E-state index in [1.807, 2.05) is 10.8 Å². The zero-order valence-corrected chi connectivity index (χ0v) is 11.1. The zero-order valence-electron chi connectivity index (χ0n) is 9.45. The van der Waals surface area contributed by atoms with E-state index in [1.165, 1.54) is 20.9 Å². The molecule has 0 aliphatic heterocycles. The summed E-state index contributed by atoms with van der Waals surface area (Å²) in [6.45, 7) is 4.13. The Morgan fingerprint density at radius 1 is 1.00 bits per heavy atom. The topological polar surface area (TPSA) is 17.1 Å². The van der Waals surface area contributed by atoms with Crippen LogP contribution in [0.2, 0.25) is 0 Å². The van der Waals surface area contributed by atoms with E-state index in [-0.39, 0.29) is 0 Å². The molecule has 1 nitrogen and oxygen atoms in total. The van der Waals surface area contributed by atoms with Gasteiger partial charge in [-0.1, -0.05) is 0 Å². The number of hydrogen-bond acceptors (Lipinski definition) is 3. The summed E-state index contributed by atoms with van der Waals surface area (Å²) < 4.78 is 0. The predicted molar refractivity (Wildman–Crippen MR) is 70.5 cm³/mol. The first-order valence-corrected chi connectivity index (χ1v) is 7.00. The van der Waals surface area contributed by atoms with Crippen LogP contribution in [0.1, 0.15) is 20.9 Å². The number of carbonyl (C=O) groups is 1. The SMILES string of the molecule is Cc1ccsc1CC(=O)Cc1sccc1C. The number of Topliss-reactive ketones (excluding diaryl/α,β-unsaturated/α-hetero) is 1. The van der Waals surface area contributed by atoms with Gasteiger partial charge in [0.2, 0.25) is 0 Å². The van der Waals surface area contributed by atoms with Crippen molar-refractivity contribution in [2.24, 2.45) is 0 Å². The Bertz CT molecular complexity index is 449. The van der Waals surface area contributed by atoms with Gasteiger partial charge in [0, 0.05) is 22.6 Å². The van der Waals surface area contributed by atoms with Crippen molar-refractivity contribution < 1.29 is 4.79 Å². The third-order valence-corrected chi connectivity index (χ3v) is 4.70. The smallest absolute Gasteiger partial charge is 0.143 e. The molecule has 0 aliphatic rings. The van der Waals surface area contributed by atoms with Gasteiger partial charge in [-0.15, -0.1) is 22.7 Å². The molecular weight excluding hydrogens is 236 g/mol. The summed E-state index contributed by atoms with van der Waals surface area (Å²) in [5, 5.41) is 4.10. The summed E-state index contributed by atoms with van der Waals surface area (Å²) in [5.41, 5.74) is 2.47. The van der Waals surface area contributed by atoms with Crippen LogP contribution in [0, 0.1) is 13.8 Å². The molecule has 84 valence electrons. The van der Waals surface area contributed by atoms with Gasteiger partial charge in [-0.2, -0.15) is 0 Å². The van der Waals surface area contributed by atoms with E-state index in [4.69, 9.17) is 0 Å². The average molecular weight is 250 g/mol. The Morgan fingerprint density at radius 3 is 1.75 bits per heavy atom. The molecule has 16 heavy (non-hydrogen) atoms. The van der Waals surface area contributed by atoms with Gasteiger partial charge in [0.25, 0.3) is 0 Å². The molecule has 2 aromatic rings. The molecule has 0 aromatic carbocycles. The fourth-order valence-electron chi connectivity index (χ4n) is 1.59. The molecule has 0 amide bonds. The Hall–Kier alpha value is -0.930. The Kier molecular flexibility index (Phi) is 3.56. The van der Waals surface area contributed by atoms with E-state index in [1.54, 1.807) is 22.7 Å². The van der Waals surface area contributed by atoms with Gasteiger partial charge in [-0.05, 0) is 47.9 Å². The molecule has 2 rings (SSSR count). The highest BCUT2D eigenvalue weighted by atomic mass is 32.1. The Morgan fingerprint density at radius 2 is 1.44 bits per heavy atom. The summed E-state index contributed by atoms with van der Waals surface area (Å²) in [6.07, 6.45) is 1.17. The van der Waals surface area contributed by atoms with E-state index in [2.05, 4.69) is 26.0 Å². The van der Waals surface area contributed by atoms with E-state index in [0.29, 0.717) is 18.6 Å². The lowest BCUT2D eigenvalue weighted by Crippen LogP contribution is -2.05. The van der Waals surface area contributed by atoms with Crippen LogP contribution in [0.5, 0.6) is 0 Å². The normalized spacial score (nSPS) is 10.6. The molecular formula is C13H14OS2. The highest BCUT2D eigenvalue weighted by Gasteiger charge is 2.10. The summed E-state index contributed by atoms with van der Waals surface area (Å²) in [6, 6.07) is 4.15. The maximum Gasteiger partial charge on any atom is 0.143 e. The van der Waals surface area contributed by atoms with Crippen LogP contribution in [0.3, 0.4) is 0 Å². The second-order valence-electron chi connectivity index (χ2n) is 3.95. The molecule has 2 aromatic heterocycles. The lowest BCUT2D eigenvalue weighted by atomic mass is 10.1. The van der Waals surface area contributed by atoms with Crippen molar-refractivity contribution in [1.29, 1.82) is 0 Å². The second kappa shape index (κ2) is 4.93. The summed E-state index contributed by atoms with van der Waals surface area (Å²) in [4.78, 5) is 14.3. The van der Waals surface area contributed by atoms with E-state index < -0.39 is 0 Å². The lowest BCUT2D eigenvalue weighted by molar-refractivity contribution is -0.117. The van der Waals surface area contributed by atoms with E-state index in [0.717, 1.165) is 0 Å². The van der Waals surface area contributed by atoms with Crippen LogP contribution in [0.25, 0.3) is 0 Å². The van der Waals surface area contributed by atoms with Gasteiger partial charge in [-0.25, -0.2) is 0 Å². The maximum atomic E-state index is 11.9. The maximum absolute atomic E-state index is 11.9. The minimum absolute atomic E-state index is 0.316. The van der Waals surface area contributed by atoms with Crippen LogP contribution in [0.4, 0.5) is 0 Å². The van der Waals surface area contributed by atoms with Crippen LogP contribution in [-0.4, -0.2) is 5.78 Å². The van der Waals surface area contributed by atoms with Gasteiger partial charge >= 0.3 is 0 Å². The molecule has 0 saturated carbocycles. The van der Waals surface area contributed by atoms with E-state index in [9.17, 15) is 4.79 Å². The number of carbonyl (C=O) groups excluding carboxylic acids is 1. The van der Waals surface area contributed by atoms with Crippen molar-refractivity contribution in [2.45, 2.75) is 26.7 Å². The lowest BCUT2D eigenvalue weighted by Gasteiger charge is -2.00. The highest BCUT2D eigenvalue weighted by Crippen LogP contribution is 2.20. The molecule has 0 fully saturated rings. The summed E-state index contributed by atoms with van der Waals surface area (Å²) in [5.74, 6) is 0.316. The standard InChI is InChI=1S/C13H14OS2/c1-9-3-5-15-12(9)7-11(14)8-13-10(2)4-6-16-13/h3-6H,7-8H2,1-2H3. The minimum atomic E-state index is 0.316.